The molecule has 38 heavy (non-hydrogen) atoms. The molecule has 0 spiro atoms. The summed E-state index contributed by atoms with van der Waals surface area (Å²) in [6.45, 7) is 4.09. The zero-order chi connectivity index (χ0) is 27.1. The molecule has 1 atom stereocenters. The van der Waals surface area contributed by atoms with Gasteiger partial charge in [-0.25, -0.2) is 4.39 Å². The summed E-state index contributed by atoms with van der Waals surface area (Å²) in [6, 6.07) is 20.6. The molecule has 4 aromatic rings. The molecule has 1 N–H and O–H groups in total. The summed E-state index contributed by atoms with van der Waals surface area (Å²) in [6.07, 6.45) is 0. The summed E-state index contributed by atoms with van der Waals surface area (Å²) in [5.74, 6) is -0.408. The first-order valence-corrected chi connectivity index (χ1v) is 12.6. The first kappa shape index (κ1) is 25.5. The fourth-order valence-electron chi connectivity index (χ4n) is 5.16. The van der Waals surface area contributed by atoms with E-state index >= 15 is 0 Å². The number of hydrogen-bond acceptors (Lipinski definition) is 3. The van der Waals surface area contributed by atoms with Crippen LogP contribution in [0, 0.1) is 5.82 Å². The second kappa shape index (κ2) is 9.99. The van der Waals surface area contributed by atoms with Crippen LogP contribution >= 0.6 is 11.6 Å². The van der Waals surface area contributed by atoms with Crippen LogP contribution in [0.4, 0.5) is 10.1 Å². The number of amides is 2. The van der Waals surface area contributed by atoms with Crippen molar-refractivity contribution in [1.29, 1.82) is 0 Å². The van der Waals surface area contributed by atoms with Gasteiger partial charge in [0.1, 0.15) is 17.6 Å². The van der Waals surface area contributed by atoms with Gasteiger partial charge in [0, 0.05) is 29.9 Å². The smallest absolute Gasteiger partial charge is 0.261 e. The van der Waals surface area contributed by atoms with Gasteiger partial charge < -0.3 is 14.6 Å². The van der Waals surface area contributed by atoms with Crippen LogP contribution in [-0.2, 0) is 0 Å². The molecule has 6 nitrogen and oxygen atoms in total. The molecule has 1 aromatic heterocycles. The van der Waals surface area contributed by atoms with Gasteiger partial charge in [-0.1, -0.05) is 41.9 Å². The van der Waals surface area contributed by atoms with Crippen molar-refractivity contribution in [3.63, 3.8) is 0 Å². The van der Waals surface area contributed by atoms with Gasteiger partial charge >= 0.3 is 0 Å². The molecule has 194 valence electrons. The molecule has 3 aromatic carbocycles. The SMILES string of the molecule is CNC(=O)c1ccc(OC)c(-c2cc3c(n2C(C)C)C(c2ccccc2)N(c2ccc(F)c(Cl)c2)C3=O)c1. The molecule has 1 aliphatic heterocycles. The van der Waals surface area contributed by atoms with Crippen LogP contribution in [0.3, 0.4) is 0 Å². The third-order valence-electron chi connectivity index (χ3n) is 6.82. The molecular formula is C30H27ClFN3O3. The molecule has 0 fully saturated rings. The van der Waals surface area contributed by atoms with Gasteiger partial charge in [-0.05, 0) is 61.9 Å². The third kappa shape index (κ3) is 4.13. The molecule has 2 amide bonds. The lowest BCUT2D eigenvalue weighted by Crippen LogP contribution is -2.30. The van der Waals surface area contributed by atoms with Crippen LogP contribution in [0.15, 0.2) is 72.8 Å². The van der Waals surface area contributed by atoms with E-state index in [4.69, 9.17) is 16.3 Å². The molecule has 8 heteroatoms. The van der Waals surface area contributed by atoms with Crippen molar-refractivity contribution < 1.29 is 18.7 Å². The summed E-state index contributed by atoms with van der Waals surface area (Å²) in [7, 11) is 3.16. The number of anilines is 1. The standard InChI is InChI=1S/C30H27ClFN3O3/c1-17(2)34-25(21-14-19(29(36)33-3)10-13-26(21)38-4)16-22-28(34)27(18-8-6-5-7-9-18)35(30(22)37)20-11-12-24(32)23(31)15-20/h5-17,27H,1-4H3,(H,33,36). The van der Waals surface area contributed by atoms with E-state index in [1.54, 1.807) is 43.3 Å². The number of hydrogen-bond donors (Lipinski definition) is 1. The van der Waals surface area contributed by atoms with Crippen molar-refractivity contribution in [2.75, 3.05) is 19.1 Å². The molecule has 0 radical (unpaired) electrons. The quantitative estimate of drug-likeness (QED) is 0.303. The molecule has 0 saturated heterocycles. The number of nitrogens with zero attached hydrogens (tertiary/aromatic N) is 2. The summed E-state index contributed by atoms with van der Waals surface area (Å²) in [5, 5.41) is 2.60. The van der Waals surface area contributed by atoms with Crippen LogP contribution in [-0.4, -0.2) is 30.5 Å². The predicted octanol–water partition coefficient (Wildman–Crippen LogP) is 6.65. The average molecular weight is 532 g/mol. The molecule has 2 heterocycles. The Kier molecular flexibility index (Phi) is 6.71. The summed E-state index contributed by atoms with van der Waals surface area (Å²) in [4.78, 5) is 28.2. The Morgan fingerprint density at radius 1 is 1.03 bits per heavy atom. The number of benzene rings is 3. The third-order valence-corrected chi connectivity index (χ3v) is 7.11. The van der Waals surface area contributed by atoms with E-state index in [1.165, 1.54) is 12.1 Å². The van der Waals surface area contributed by atoms with E-state index in [9.17, 15) is 14.0 Å². The van der Waals surface area contributed by atoms with E-state index in [1.807, 2.05) is 50.2 Å². The van der Waals surface area contributed by atoms with Crippen molar-refractivity contribution in [2.24, 2.45) is 0 Å². The van der Waals surface area contributed by atoms with Gasteiger partial charge in [0.15, 0.2) is 0 Å². The number of nitrogens with one attached hydrogen (secondary N) is 1. The van der Waals surface area contributed by atoms with Crippen LogP contribution < -0.4 is 15.0 Å². The Morgan fingerprint density at radius 3 is 2.39 bits per heavy atom. The largest absolute Gasteiger partial charge is 0.496 e. The highest BCUT2D eigenvalue weighted by molar-refractivity contribution is 6.31. The van der Waals surface area contributed by atoms with E-state index in [2.05, 4.69) is 9.88 Å². The van der Waals surface area contributed by atoms with Gasteiger partial charge in [0.25, 0.3) is 11.8 Å². The fourth-order valence-corrected chi connectivity index (χ4v) is 5.34. The van der Waals surface area contributed by atoms with Gasteiger partial charge in [-0.15, -0.1) is 0 Å². The molecule has 5 rings (SSSR count). The zero-order valence-corrected chi connectivity index (χ0v) is 22.2. The Morgan fingerprint density at radius 2 is 1.76 bits per heavy atom. The Hall–Kier alpha value is -4.10. The van der Waals surface area contributed by atoms with Gasteiger partial charge in [0.05, 0.1) is 29.1 Å². The number of halogens is 2. The van der Waals surface area contributed by atoms with Crippen molar-refractivity contribution in [1.82, 2.24) is 9.88 Å². The van der Waals surface area contributed by atoms with Crippen molar-refractivity contribution >= 4 is 29.1 Å². The highest BCUT2D eigenvalue weighted by Crippen LogP contribution is 2.47. The Balaban J connectivity index is 1.78. The number of rotatable bonds is 6. The van der Waals surface area contributed by atoms with Crippen LogP contribution in [0.1, 0.15) is 57.9 Å². The number of carbonyl (C=O) groups is 2. The fraction of sp³-hybridized carbons (Fsp3) is 0.200. The minimum atomic E-state index is -0.548. The first-order valence-electron chi connectivity index (χ1n) is 12.3. The van der Waals surface area contributed by atoms with E-state index in [-0.39, 0.29) is 22.9 Å². The van der Waals surface area contributed by atoms with E-state index in [0.29, 0.717) is 28.1 Å². The minimum Gasteiger partial charge on any atom is -0.496 e. The summed E-state index contributed by atoms with van der Waals surface area (Å²) >= 11 is 6.13. The van der Waals surface area contributed by atoms with E-state index < -0.39 is 11.9 Å². The highest BCUT2D eigenvalue weighted by atomic mass is 35.5. The number of ether oxygens (including phenoxy) is 1. The summed E-state index contributed by atoms with van der Waals surface area (Å²) < 4.78 is 21.8. The monoisotopic (exact) mass is 531 g/mol. The Bertz CT molecular complexity index is 1550. The normalized spacial score (nSPS) is 14.7. The lowest BCUT2D eigenvalue weighted by Gasteiger charge is -2.29. The van der Waals surface area contributed by atoms with Crippen molar-refractivity contribution in [3.05, 3.63) is 106 Å². The van der Waals surface area contributed by atoms with Crippen LogP contribution in [0.2, 0.25) is 5.02 Å². The molecular weight excluding hydrogens is 505 g/mol. The van der Waals surface area contributed by atoms with Crippen LogP contribution in [0.25, 0.3) is 11.3 Å². The van der Waals surface area contributed by atoms with E-state index in [0.717, 1.165) is 17.0 Å². The number of carbonyl (C=O) groups excluding carboxylic acids is 2. The topological polar surface area (TPSA) is 63.6 Å². The van der Waals surface area contributed by atoms with Gasteiger partial charge in [-0.3, -0.25) is 14.5 Å². The number of fused-ring (bicyclic) bond motifs is 1. The zero-order valence-electron chi connectivity index (χ0n) is 21.5. The van der Waals surface area contributed by atoms with Gasteiger partial charge in [0.2, 0.25) is 0 Å². The number of methoxy groups -OCH3 is 1. The summed E-state index contributed by atoms with van der Waals surface area (Å²) in [5.41, 5.74) is 4.68. The Labute approximate surface area is 225 Å². The maximum absolute atomic E-state index is 14.1. The van der Waals surface area contributed by atoms with Crippen LogP contribution in [0.5, 0.6) is 5.75 Å². The van der Waals surface area contributed by atoms with Gasteiger partial charge in [-0.2, -0.15) is 0 Å². The maximum Gasteiger partial charge on any atom is 0.261 e. The maximum atomic E-state index is 14.1. The lowest BCUT2D eigenvalue weighted by atomic mass is 10.0. The molecule has 0 bridgehead atoms. The first-order chi connectivity index (χ1) is 18.3. The highest BCUT2D eigenvalue weighted by Gasteiger charge is 2.43. The molecule has 1 aliphatic rings. The minimum absolute atomic E-state index is 0.0436. The predicted molar refractivity (Wildman–Crippen MR) is 147 cm³/mol. The molecule has 0 aliphatic carbocycles. The molecule has 0 saturated carbocycles. The second-order valence-corrected chi connectivity index (χ2v) is 9.78. The molecule has 1 unspecified atom stereocenters. The number of aromatic nitrogens is 1. The second-order valence-electron chi connectivity index (χ2n) is 9.37. The van der Waals surface area contributed by atoms with Crippen molar-refractivity contribution in [2.45, 2.75) is 25.9 Å². The van der Waals surface area contributed by atoms with Crippen molar-refractivity contribution in [3.8, 4) is 17.0 Å². The average Bonchev–Trinajstić information content (AvgIpc) is 3.45. The lowest BCUT2D eigenvalue weighted by molar-refractivity contribution is 0.0961.